The summed E-state index contributed by atoms with van der Waals surface area (Å²) in [7, 11) is -1.92. The molecule has 0 radical (unpaired) electrons. The molecule has 0 atom stereocenters. The van der Waals surface area contributed by atoms with Gasteiger partial charge >= 0.3 is 0 Å². The Morgan fingerprint density at radius 1 is 1.45 bits per heavy atom. The molecule has 0 spiro atoms. The number of alkyl halides is 1. The van der Waals surface area contributed by atoms with Gasteiger partial charge in [-0.05, 0) is 18.6 Å². The number of carbonyl (C=O) groups excluding carboxylic acids is 1. The highest BCUT2D eigenvalue weighted by Gasteiger charge is 2.24. The van der Waals surface area contributed by atoms with Crippen molar-refractivity contribution in [3.8, 4) is 5.75 Å². The van der Waals surface area contributed by atoms with Crippen molar-refractivity contribution in [2.45, 2.75) is 12.8 Å². The second-order valence-corrected chi connectivity index (χ2v) is 7.39. The van der Waals surface area contributed by atoms with E-state index in [1.165, 1.54) is 7.11 Å². The smallest absolute Gasteiger partial charge is 0.242 e. The van der Waals surface area contributed by atoms with Crippen molar-refractivity contribution in [1.29, 1.82) is 0 Å². The maximum Gasteiger partial charge on any atom is 0.242 e. The van der Waals surface area contributed by atoms with Crippen molar-refractivity contribution in [3.05, 3.63) is 18.2 Å². The van der Waals surface area contributed by atoms with Gasteiger partial charge in [0.25, 0.3) is 0 Å². The van der Waals surface area contributed by atoms with Crippen LogP contribution in [0.4, 0.5) is 11.4 Å². The molecule has 1 aromatic rings. The largest absolute Gasteiger partial charge is 0.494 e. The Kier molecular flexibility index (Phi) is 4.54. The molecular weight excluding hydrogens is 348 g/mol. The fraction of sp³-hybridized carbons (Fsp3) is 0.417. The van der Waals surface area contributed by atoms with E-state index >= 15 is 0 Å². The van der Waals surface area contributed by atoms with E-state index in [9.17, 15) is 13.2 Å². The number of benzene rings is 1. The van der Waals surface area contributed by atoms with Gasteiger partial charge in [0.15, 0.2) is 0 Å². The van der Waals surface area contributed by atoms with E-state index in [2.05, 4.69) is 20.7 Å². The molecule has 1 N–H and O–H groups in total. The third-order valence-corrected chi connectivity index (χ3v) is 5.60. The van der Waals surface area contributed by atoms with Crippen molar-refractivity contribution in [2.24, 2.45) is 0 Å². The van der Waals surface area contributed by atoms with Gasteiger partial charge in [0.2, 0.25) is 15.9 Å². The molecule has 2 rings (SSSR count). The minimum absolute atomic E-state index is 0.0529. The number of methoxy groups -OCH3 is 1. The SMILES string of the molecule is COc1cc(NS(=O)(=O)CBr)ccc1N1CCCC1=O. The van der Waals surface area contributed by atoms with Crippen LogP contribution in [0.2, 0.25) is 0 Å². The number of nitrogens with one attached hydrogen (secondary N) is 1. The molecule has 1 aliphatic heterocycles. The molecule has 6 nitrogen and oxygen atoms in total. The van der Waals surface area contributed by atoms with E-state index in [4.69, 9.17) is 4.74 Å². The van der Waals surface area contributed by atoms with Gasteiger partial charge in [-0.2, -0.15) is 0 Å². The van der Waals surface area contributed by atoms with Gasteiger partial charge in [0.05, 0.1) is 18.5 Å². The van der Waals surface area contributed by atoms with Crippen molar-refractivity contribution in [3.63, 3.8) is 0 Å². The summed E-state index contributed by atoms with van der Waals surface area (Å²) < 4.78 is 30.5. The van der Waals surface area contributed by atoms with E-state index in [0.717, 1.165) is 6.42 Å². The van der Waals surface area contributed by atoms with Crippen molar-refractivity contribution in [1.82, 2.24) is 0 Å². The molecule has 1 heterocycles. The average Bonchev–Trinajstić information content (AvgIpc) is 2.84. The van der Waals surface area contributed by atoms with Gasteiger partial charge in [-0.25, -0.2) is 8.42 Å². The Balaban J connectivity index is 2.31. The standard InChI is InChI=1S/C12H15BrN2O4S/c1-19-11-7-9(14-20(17,18)8-13)4-5-10(11)15-6-2-3-12(15)16/h4-5,7,14H,2-3,6,8H2,1H3. The Bertz CT molecular complexity index is 618. The lowest BCUT2D eigenvalue weighted by Crippen LogP contribution is -2.24. The quantitative estimate of drug-likeness (QED) is 0.811. The number of carbonyl (C=O) groups is 1. The third kappa shape index (κ3) is 3.24. The molecule has 1 aromatic carbocycles. The van der Waals surface area contributed by atoms with E-state index in [1.54, 1.807) is 23.1 Å². The fourth-order valence-corrected chi connectivity index (χ4v) is 2.96. The molecule has 0 saturated carbocycles. The summed E-state index contributed by atoms with van der Waals surface area (Å²) in [5, 5.41) is 0. The fourth-order valence-electron chi connectivity index (χ4n) is 2.07. The van der Waals surface area contributed by atoms with Crippen LogP contribution in [-0.2, 0) is 14.8 Å². The second kappa shape index (κ2) is 6.01. The topological polar surface area (TPSA) is 75.7 Å². The third-order valence-electron chi connectivity index (χ3n) is 2.96. The van der Waals surface area contributed by atoms with Crippen LogP contribution in [0.5, 0.6) is 5.75 Å². The van der Waals surface area contributed by atoms with Crippen molar-refractivity contribution >= 4 is 43.2 Å². The molecule has 1 amide bonds. The summed E-state index contributed by atoms with van der Waals surface area (Å²) in [6.45, 7) is 0.654. The maximum atomic E-state index is 11.8. The summed E-state index contributed by atoms with van der Waals surface area (Å²) in [5.74, 6) is 0.520. The monoisotopic (exact) mass is 362 g/mol. The van der Waals surface area contributed by atoms with Crippen molar-refractivity contribution in [2.75, 3.05) is 27.9 Å². The maximum absolute atomic E-state index is 11.8. The second-order valence-electron chi connectivity index (χ2n) is 4.36. The number of hydrogen-bond acceptors (Lipinski definition) is 4. The number of hydrogen-bond donors (Lipinski definition) is 1. The Labute approximate surface area is 126 Å². The van der Waals surface area contributed by atoms with Gasteiger partial charge < -0.3 is 9.64 Å². The molecule has 0 unspecified atom stereocenters. The summed E-state index contributed by atoms with van der Waals surface area (Å²) in [6, 6.07) is 4.87. The molecule has 0 aliphatic carbocycles. The average molecular weight is 363 g/mol. The van der Waals surface area contributed by atoms with Gasteiger partial charge in [-0.3, -0.25) is 9.52 Å². The van der Waals surface area contributed by atoms with Crippen LogP contribution in [0.15, 0.2) is 18.2 Å². The highest BCUT2D eigenvalue weighted by Crippen LogP contribution is 2.34. The molecule has 110 valence electrons. The zero-order valence-electron chi connectivity index (χ0n) is 10.9. The lowest BCUT2D eigenvalue weighted by Gasteiger charge is -2.19. The van der Waals surface area contributed by atoms with Crippen LogP contribution in [0.1, 0.15) is 12.8 Å². The zero-order valence-corrected chi connectivity index (χ0v) is 13.3. The normalized spacial score (nSPS) is 15.5. The van der Waals surface area contributed by atoms with E-state index in [1.807, 2.05) is 0 Å². The highest BCUT2D eigenvalue weighted by molar-refractivity contribution is 9.10. The first kappa shape index (κ1) is 15.1. The van der Waals surface area contributed by atoms with Crippen LogP contribution in [0.3, 0.4) is 0 Å². The Morgan fingerprint density at radius 3 is 2.75 bits per heavy atom. The number of sulfonamides is 1. The van der Waals surface area contributed by atoms with Crippen molar-refractivity contribution < 1.29 is 17.9 Å². The van der Waals surface area contributed by atoms with Crippen LogP contribution in [0.25, 0.3) is 0 Å². The highest BCUT2D eigenvalue weighted by atomic mass is 79.9. The summed E-state index contributed by atoms with van der Waals surface area (Å²) in [4.78, 5) is 13.4. The molecular formula is C12H15BrN2O4S. The first-order chi connectivity index (χ1) is 9.46. The molecule has 20 heavy (non-hydrogen) atoms. The summed E-state index contributed by atoms with van der Waals surface area (Å²) in [5.41, 5.74) is 1.06. The number of amides is 1. The number of nitrogens with zero attached hydrogens (tertiary/aromatic N) is 1. The zero-order chi connectivity index (χ0) is 14.8. The molecule has 1 fully saturated rings. The van der Waals surface area contributed by atoms with E-state index in [-0.39, 0.29) is 10.6 Å². The molecule has 8 heteroatoms. The van der Waals surface area contributed by atoms with Gasteiger partial charge in [-0.1, -0.05) is 15.9 Å². The predicted octanol–water partition coefficient (Wildman–Crippen LogP) is 1.92. The summed E-state index contributed by atoms with van der Waals surface area (Å²) >= 11 is 2.91. The summed E-state index contributed by atoms with van der Waals surface area (Å²) in [6.07, 6.45) is 1.35. The molecule has 1 saturated heterocycles. The molecule has 0 bridgehead atoms. The van der Waals surface area contributed by atoms with E-state index < -0.39 is 10.0 Å². The first-order valence-corrected chi connectivity index (χ1v) is 8.79. The first-order valence-electron chi connectivity index (χ1n) is 6.01. The lowest BCUT2D eigenvalue weighted by atomic mass is 10.2. The van der Waals surface area contributed by atoms with Gasteiger partial charge in [0, 0.05) is 19.0 Å². The molecule has 0 aromatic heterocycles. The van der Waals surface area contributed by atoms with Gasteiger partial charge in [-0.15, -0.1) is 0 Å². The minimum Gasteiger partial charge on any atom is -0.494 e. The van der Waals surface area contributed by atoms with Crippen LogP contribution in [0, 0.1) is 0 Å². The van der Waals surface area contributed by atoms with E-state index in [0.29, 0.717) is 30.1 Å². The van der Waals surface area contributed by atoms with Gasteiger partial charge in [0.1, 0.15) is 10.4 Å². The lowest BCUT2D eigenvalue weighted by molar-refractivity contribution is -0.117. The Hall–Kier alpha value is -1.28. The predicted molar refractivity (Wildman–Crippen MR) is 80.9 cm³/mol. The number of rotatable bonds is 5. The number of anilines is 2. The number of ether oxygens (including phenoxy) is 1. The minimum atomic E-state index is -3.41. The van der Waals surface area contributed by atoms with Crippen LogP contribution in [-0.4, -0.2) is 32.6 Å². The molecule has 1 aliphatic rings. The number of halogens is 1. The Morgan fingerprint density at radius 2 is 2.20 bits per heavy atom. The van der Waals surface area contributed by atoms with Crippen LogP contribution >= 0.6 is 15.9 Å². The van der Waals surface area contributed by atoms with Crippen LogP contribution < -0.4 is 14.4 Å².